The lowest BCUT2D eigenvalue weighted by molar-refractivity contribution is -0.139. The molecule has 1 atom stereocenters. The number of hydrogen-bond donors (Lipinski definition) is 1. The molecular formula is C15H20N4O2. The van der Waals surface area contributed by atoms with Gasteiger partial charge in [-0.1, -0.05) is 30.3 Å². The van der Waals surface area contributed by atoms with Crippen molar-refractivity contribution in [3.8, 4) is 5.69 Å². The molecule has 0 saturated carbocycles. The van der Waals surface area contributed by atoms with Gasteiger partial charge in [-0.05, 0) is 25.5 Å². The third-order valence-electron chi connectivity index (χ3n) is 3.48. The SMILES string of the molecule is CC[C@H](C)N(CC(=O)O)Cc1cn(-c2ccccc2)nn1. The molecule has 2 aromatic rings. The maximum Gasteiger partial charge on any atom is 0.317 e. The Kier molecular flexibility index (Phi) is 5.05. The second-order valence-electron chi connectivity index (χ2n) is 5.05. The van der Waals surface area contributed by atoms with Crippen LogP contribution in [0.25, 0.3) is 5.69 Å². The Bertz CT molecular complexity index is 582. The van der Waals surface area contributed by atoms with Crippen molar-refractivity contribution in [2.45, 2.75) is 32.9 Å². The Morgan fingerprint density at radius 3 is 2.71 bits per heavy atom. The fourth-order valence-electron chi connectivity index (χ4n) is 2.09. The van der Waals surface area contributed by atoms with Crippen LogP contribution in [0.4, 0.5) is 0 Å². The second kappa shape index (κ2) is 6.99. The molecule has 0 aliphatic rings. The zero-order valence-electron chi connectivity index (χ0n) is 12.3. The Balaban J connectivity index is 2.11. The van der Waals surface area contributed by atoms with E-state index < -0.39 is 5.97 Å². The van der Waals surface area contributed by atoms with Crippen molar-refractivity contribution in [3.05, 3.63) is 42.2 Å². The van der Waals surface area contributed by atoms with Gasteiger partial charge in [-0.25, -0.2) is 4.68 Å². The van der Waals surface area contributed by atoms with Crippen LogP contribution in [-0.4, -0.2) is 43.6 Å². The second-order valence-corrected chi connectivity index (χ2v) is 5.05. The minimum Gasteiger partial charge on any atom is -0.480 e. The summed E-state index contributed by atoms with van der Waals surface area (Å²) in [6.07, 6.45) is 2.73. The number of aromatic nitrogens is 3. The molecule has 1 N–H and O–H groups in total. The van der Waals surface area contributed by atoms with Crippen molar-refractivity contribution in [3.63, 3.8) is 0 Å². The maximum absolute atomic E-state index is 11.0. The first-order valence-electron chi connectivity index (χ1n) is 7.02. The van der Waals surface area contributed by atoms with Gasteiger partial charge in [-0.2, -0.15) is 0 Å². The number of carboxylic acids is 1. The highest BCUT2D eigenvalue weighted by Gasteiger charge is 2.17. The fraction of sp³-hybridized carbons (Fsp3) is 0.400. The topological polar surface area (TPSA) is 71.2 Å². The largest absolute Gasteiger partial charge is 0.480 e. The molecule has 6 heteroatoms. The first-order chi connectivity index (χ1) is 10.1. The van der Waals surface area contributed by atoms with Gasteiger partial charge >= 0.3 is 5.97 Å². The summed E-state index contributed by atoms with van der Waals surface area (Å²) in [5.74, 6) is -0.828. The van der Waals surface area contributed by atoms with Gasteiger partial charge in [0.25, 0.3) is 0 Å². The monoisotopic (exact) mass is 288 g/mol. The van der Waals surface area contributed by atoms with E-state index in [0.717, 1.165) is 17.8 Å². The van der Waals surface area contributed by atoms with Crippen molar-refractivity contribution in [1.29, 1.82) is 0 Å². The van der Waals surface area contributed by atoms with E-state index in [-0.39, 0.29) is 12.6 Å². The summed E-state index contributed by atoms with van der Waals surface area (Å²) in [6, 6.07) is 9.89. The standard InChI is InChI=1S/C15H20N4O2/c1-3-12(2)18(11-15(20)21)9-13-10-19(17-16-13)14-7-5-4-6-8-14/h4-8,10,12H,3,9,11H2,1-2H3,(H,20,21)/t12-/m0/s1. The molecule has 1 heterocycles. The van der Waals surface area contributed by atoms with Crippen LogP contribution in [0, 0.1) is 0 Å². The maximum atomic E-state index is 11.0. The molecule has 0 fully saturated rings. The quantitative estimate of drug-likeness (QED) is 0.843. The van der Waals surface area contributed by atoms with Crippen molar-refractivity contribution >= 4 is 5.97 Å². The smallest absolute Gasteiger partial charge is 0.317 e. The number of benzene rings is 1. The molecule has 1 aromatic heterocycles. The highest BCUT2D eigenvalue weighted by Crippen LogP contribution is 2.11. The van der Waals surface area contributed by atoms with E-state index >= 15 is 0 Å². The first kappa shape index (κ1) is 15.2. The van der Waals surface area contributed by atoms with E-state index in [1.54, 1.807) is 4.68 Å². The van der Waals surface area contributed by atoms with Gasteiger partial charge in [0.2, 0.25) is 0 Å². The molecular weight excluding hydrogens is 268 g/mol. The Labute approximate surface area is 124 Å². The van der Waals surface area contributed by atoms with Crippen molar-refractivity contribution in [1.82, 2.24) is 19.9 Å². The molecule has 0 saturated heterocycles. The number of nitrogens with zero attached hydrogens (tertiary/aromatic N) is 4. The molecule has 0 spiro atoms. The summed E-state index contributed by atoms with van der Waals surface area (Å²) in [4.78, 5) is 12.9. The van der Waals surface area contributed by atoms with Crippen LogP contribution in [0.2, 0.25) is 0 Å². The highest BCUT2D eigenvalue weighted by molar-refractivity contribution is 5.69. The lowest BCUT2D eigenvalue weighted by atomic mass is 10.2. The van der Waals surface area contributed by atoms with Gasteiger partial charge < -0.3 is 5.11 Å². The molecule has 0 unspecified atom stereocenters. The Morgan fingerprint density at radius 1 is 1.38 bits per heavy atom. The third-order valence-corrected chi connectivity index (χ3v) is 3.48. The highest BCUT2D eigenvalue weighted by atomic mass is 16.4. The third kappa shape index (κ3) is 4.13. The predicted octanol–water partition coefficient (Wildman–Crippen LogP) is 1.95. The molecule has 0 aliphatic carbocycles. The van der Waals surface area contributed by atoms with E-state index in [1.165, 1.54) is 0 Å². The van der Waals surface area contributed by atoms with Gasteiger partial charge in [0, 0.05) is 12.6 Å². The molecule has 1 aromatic carbocycles. The van der Waals surface area contributed by atoms with E-state index in [4.69, 9.17) is 5.11 Å². The normalized spacial score (nSPS) is 12.5. The van der Waals surface area contributed by atoms with Crippen molar-refractivity contribution < 1.29 is 9.90 Å². The van der Waals surface area contributed by atoms with Crippen LogP contribution in [0.3, 0.4) is 0 Å². The number of carboxylic acid groups (broad SMARTS) is 1. The average molecular weight is 288 g/mol. The first-order valence-corrected chi connectivity index (χ1v) is 7.02. The minimum atomic E-state index is -0.828. The van der Waals surface area contributed by atoms with E-state index in [9.17, 15) is 4.79 Å². The summed E-state index contributed by atoms with van der Waals surface area (Å²) in [6.45, 7) is 4.55. The number of para-hydroxylation sites is 1. The summed E-state index contributed by atoms with van der Waals surface area (Å²) in [7, 11) is 0. The Hall–Kier alpha value is -2.21. The minimum absolute atomic E-state index is 0.00715. The zero-order valence-corrected chi connectivity index (χ0v) is 12.3. The summed E-state index contributed by atoms with van der Waals surface area (Å²) in [5.41, 5.74) is 1.70. The van der Waals surface area contributed by atoms with Crippen LogP contribution in [0.1, 0.15) is 26.0 Å². The number of rotatable bonds is 7. The van der Waals surface area contributed by atoms with Gasteiger partial charge in [0.1, 0.15) is 0 Å². The molecule has 0 bridgehead atoms. The number of hydrogen-bond acceptors (Lipinski definition) is 4. The molecule has 6 nitrogen and oxygen atoms in total. The van der Waals surface area contributed by atoms with Crippen LogP contribution in [0.15, 0.2) is 36.5 Å². The van der Waals surface area contributed by atoms with Gasteiger partial charge in [0.15, 0.2) is 0 Å². The van der Waals surface area contributed by atoms with E-state index in [0.29, 0.717) is 6.54 Å². The van der Waals surface area contributed by atoms with Crippen LogP contribution >= 0.6 is 0 Å². The predicted molar refractivity (Wildman–Crippen MR) is 79.2 cm³/mol. The van der Waals surface area contributed by atoms with Crippen molar-refractivity contribution in [2.24, 2.45) is 0 Å². The molecule has 112 valence electrons. The fourth-order valence-corrected chi connectivity index (χ4v) is 2.09. The van der Waals surface area contributed by atoms with Gasteiger partial charge in [-0.3, -0.25) is 9.69 Å². The lowest BCUT2D eigenvalue weighted by Gasteiger charge is -2.25. The van der Waals surface area contributed by atoms with Gasteiger partial charge in [0.05, 0.1) is 24.1 Å². The molecule has 0 aliphatic heterocycles. The summed E-state index contributed by atoms with van der Waals surface area (Å²) in [5, 5.41) is 17.2. The van der Waals surface area contributed by atoms with Crippen LogP contribution in [-0.2, 0) is 11.3 Å². The lowest BCUT2D eigenvalue weighted by Crippen LogP contribution is -2.36. The molecule has 0 radical (unpaired) electrons. The van der Waals surface area contributed by atoms with Crippen molar-refractivity contribution in [2.75, 3.05) is 6.54 Å². The summed E-state index contributed by atoms with van der Waals surface area (Å²) >= 11 is 0. The Morgan fingerprint density at radius 2 is 2.10 bits per heavy atom. The van der Waals surface area contributed by atoms with E-state index in [2.05, 4.69) is 10.3 Å². The number of carbonyl (C=O) groups is 1. The molecule has 0 amide bonds. The average Bonchev–Trinajstić information content (AvgIpc) is 2.95. The van der Waals surface area contributed by atoms with Crippen LogP contribution < -0.4 is 0 Å². The summed E-state index contributed by atoms with van der Waals surface area (Å²) < 4.78 is 1.70. The molecule has 21 heavy (non-hydrogen) atoms. The zero-order chi connectivity index (χ0) is 15.2. The van der Waals surface area contributed by atoms with Crippen LogP contribution in [0.5, 0.6) is 0 Å². The molecule has 2 rings (SSSR count). The van der Waals surface area contributed by atoms with Gasteiger partial charge in [-0.15, -0.1) is 5.10 Å². The van der Waals surface area contributed by atoms with E-state index in [1.807, 2.05) is 55.3 Å². The number of aliphatic carboxylic acids is 1.